The molecule has 2 fully saturated rings. The molecule has 1 aromatic carbocycles. The second-order valence-corrected chi connectivity index (χ2v) is 11.0. The Hall–Kier alpha value is -3.12. The third kappa shape index (κ3) is 5.19. The predicted molar refractivity (Wildman–Crippen MR) is 132 cm³/mol. The zero-order valence-corrected chi connectivity index (χ0v) is 21.1. The molecule has 1 aromatic heterocycles. The number of Topliss-reactive ketones (excluding diaryl/α,β-unsaturated/α-hetero) is 1. The van der Waals surface area contributed by atoms with E-state index in [2.05, 4.69) is 9.88 Å². The number of ketones is 1. The molecule has 1 N–H and O–H groups in total. The Morgan fingerprint density at radius 1 is 1.06 bits per heavy atom. The van der Waals surface area contributed by atoms with Crippen LogP contribution < -0.4 is 0 Å². The lowest BCUT2D eigenvalue weighted by molar-refractivity contribution is -0.140. The maximum absolute atomic E-state index is 13.1. The third-order valence-corrected chi connectivity index (χ3v) is 8.27. The molecule has 3 heterocycles. The van der Waals surface area contributed by atoms with Crippen molar-refractivity contribution < 1.29 is 27.9 Å². The smallest absolute Gasteiger partial charge is 0.295 e. The van der Waals surface area contributed by atoms with Crippen molar-refractivity contribution >= 4 is 27.5 Å². The lowest BCUT2D eigenvalue weighted by Gasteiger charge is -2.29. The molecule has 2 aliphatic heterocycles. The number of likely N-dealkylation sites (tertiary alicyclic amines) is 1. The minimum Gasteiger partial charge on any atom is -0.507 e. The second kappa shape index (κ2) is 10.9. The van der Waals surface area contributed by atoms with E-state index in [1.165, 1.54) is 43.3 Å². The fourth-order valence-corrected chi connectivity index (χ4v) is 5.35. The van der Waals surface area contributed by atoms with Crippen LogP contribution in [-0.4, -0.2) is 97.8 Å². The van der Waals surface area contributed by atoms with Gasteiger partial charge in [-0.3, -0.25) is 19.5 Å². The molecule has 192 valence electrons. The van der Waals surface area contributed by atoms with Gasteiger partial charge in [-0.05, 0) is 48.4 Å². The first-order valence-electron chi connectivity index (χ1n) is 11.7. The number of nitrogens with zero attached hydrogens (tertiary/aromatic N) is 4. The first kappa shape index (κ1) is 26.0. The Bertz CT molecular complexity index is 1240. The van der Waals surface area contributed by atoms with Gasteiger partial charge in [0, 0.05) is 58.2 Å². The molecule has 0 aliphatic carbocycles. The topological polar surface area (TPSA) is 120 Å². The molecule has 2 aromatic rings. The van der Waals surface area contributed by atoms with Gasteiger partial charge < -0.3 is 14.7 Å². The first-order valence-corrected chi connectivity index (χ1v) is 13.2. The summed E-state index contributed by atoms with van der Waals surface area (Å²) in [6.07, 6.45) is 3.81. The van der Waals surface area contributed by atoms with E-state index in [0.717, 1.165) is 23.9 Å². The monoisotopic (exact) mass is 514 g/mol. The van der Waals surface area contributed by atoms with E-state index >= 15 is 0 Å². The van der Waals surface area contributed by atoms with E-state index in [0.29, 0.717) is 31.7 Å². The van der Waals surface area contributed by atoms with Gasteiger partial charge in [0.25, 0.3) is 11.7 Å². The molecular weight excluding hydrogens is 484 g/mol. The Labute approximate surface area is 210 Å². The maximum atomic E-state index is 13.1. The normalized spacial score (nSPS) is 20.9. The Kier molecular flexibility index (Phi) is 7.84. The SMILES string of the molecule is CN(C)S(=O)(=O)c1ccc(/C(O)=C2\C(=O)C(=O)N(CCCN3CCOCC3)[C@@H]2c2ccncc2)cc1. The maximum Gasteiger partial charge on any atom is 0.295 e. The van der Waals surface area contributed by atoms with E-state index in [-0.39, 0.29) is 21.8 Å². The number of aliphatic hydroxyl groups is 1. The molecule has 1 atom stereocenters. The molecule has 36 heavy (non-hydrogen) atoms. The number of pyridine rings is 1. The van der Waals surface area contributed by atoms with Crippen LogP contribution in [0.1, 0.15) is 23.6 Å². The molecule has 2 aliphatic rings. The highest BCUT2D eigenvalue weighted by molar-refractivity contribution is 7.89. The van der Waals surface area contributed by atoms with Crippen LogP contribution in [0.3, 0.4) is 0 Å². The molecule has 2 saturated heterocycles. The van der Waals surface area contributed by atoms with Crippen molar-refractivity contribution in [3.05, 3.63) is 65.5 Å². The fourth-order valence-electron chi connectivity index (χ4n) is 4.44. The molecule has 1 amide bonds. The molecule has 0 radical (unpaired) electrons. The van der Waals surface area contributed by atoms with E-state index in [4.69, 9.17) is 4.74 Å². The number of benzene rings is 1. The number of morpholine rings is 1. The molecule has 11 heteroatoms. The van der Waals surface area contributed by atoms with Gasteiger partial charge in [-0.2, -0.15) is 0 Å². The summed E-state index contributed by atoms with van der Waals surface area (Å²) in [6.45, 7) is 4.10. The van der Waals surface area contributed by atoms with Crippen molar-refractivity contribution in [2.45, 2.75) is 17.4 Å². The summed E-state index contributed by atoms with van der Waals surface area (Å²) in [4.78, 5) is 34.1. The highest BCUT2D eigenvalue weighted by Crippen LogP contribution is 2.39. The number of aromatic nitrogens is 1. The highest BCUT2D eigenvalue weighted by Gasteiger charge is 2.45. The Morgan fingerprint density at radius 3 is 2.31 bits per heavy atom. The quantitative estimate of drug-likeness (QED) is 0.320. The van der Waals surface area contributed by atoms with Crippen LogP contribution in [0.25, 0.3) is 5.76 Å². The second-order valence-electron chi connectivity index (χ2n) is 8.89. The number of hydrogen-bond donors (Lipinski definition) is 1. The Morgan fingerprint density at radius 2 is 1.69 bits per heavy atom. The molecule has 10 nitrogen and oxygen atoms in total. The third-order valence-electron chi connectivity index (χ3n) is 6.45. The number of amides is 1. The van der Waals surface area contributed by atoms with Crippen LogP contribution in [0.4, 0.5) is 0 Å². The van der Waals surface area contributed by atoms with Crippen LogP contribution >= 0.6 is 0 Å². The lowest BCUT2D eigenvalue weighted by atomic mass is 9.96. The average Bonchev–Trinajstić information content (AvgIpc) is 3.14. The number of aliphatic hydroxyl groups excluding tert-OH is 1. The average molecular weight is 515 g/mol. The van der Waals surface area contributed by atoms with Gasteiger partial charge in [-0.1, -0.05) is 0 Å². The van der Waals surface area contributed by atoms with E-state index in [9.17, 15) is 23.1 Å². The van der Waals surface area contributed by atoms with Crippen molar-refractivity contribution in [3.63, 3.8) is 0 Å². The van der Waals surface area contributed by atoms with Gasteiger partial charge in [0.2, 0.25) is 10.0 Å². The summed E-state index contributed by atoms with van der Waals surface area (Å²) >= 11 is 0. The van der Waals surface area contributed by atoms with Crippen molar-refractivity contribution in [1.29, 1.82) is 0 Å². The minimum absolute atomic E-state index is 0.0270. The molecule has 0 spiro atoms. The summed E-state index contributed by atoms with van der Waals surface area (Å²) < 4.78 is 31.2. The number of hydrogen-bond acceptors (Lipinski definition) is 8. The lowest BCUT2D eigenvalue weighted by Crippen LogP contribution is -2.38. The van der Waals surface area contributed by atoms with Gasteiger partial charge in [0.05, 0.1) is 29.7 Å². The number of rotatable bonds is 8. The van der Waals surface area contributed by atoms with Gasteiger partial charge in [-0.15, -0.1) is 0 Å². The summed E-state index contributed by atoms with van der Waals surface area (Å²) in [6, 6.07) is 8.25. The van der Waals surface area contributed by atoms with Crippen LogP contribution in [0.15, 0.2) is 59.3 Å². The summed E-state index contributed by atoms with van der Waals surface area (Å²) in [7, 11) is -0.794. The van der Waals surface area contributed by atoms with Crippen LogP contribution in [0.5, 0.6) is 0 Å². The first-order chi connectivity index (χ1) is 17.2. The fraction of sp³-hybridized carbons (Fsp3) is 0.400. The molecular formula is C25H30N4O6S. The van der Waals surface area contributed by atoms with Crippen LogP contribution in [0.2, 0.25) is 0 Å². The van der Waals surface area contributed by atoms with Gasteiger partial charge >= 0.3 is 0 Å². The summed E-state index contributed by atoms with van der Waals surface area (Å²) in [5.41, 5.74) is 0.878. The molecule has 0 bridgehead atoms. The zero-order chi connectivity index (χ0) is 25.9. The standard InChI is InChI=1S/C25H30N4O6S/c1-27(2)36(33,34)20-6-4-19(5-7-20)23(30)21-22(18-8-10-26-11-9-18)29(25(32)24(21)31)13-3-12-28-14-16-35-17-15-28/h4-11,22,30H,3,12-17H2,1-2H3/b23-21+/t22-/m1/s1. The van der Waals surface area contributed by atoms with Crippen molar-refractivity contribution in [1.82, 2.24) is 19.1 Å². The summed E-state index contributed by atoms with van der Waals surface area (Å²) in [5.74, 6) is -1.79. The highest BCUT2D eigenvalue weighted by atomic mass is 32.2. The molecule has 4 rings (SSSR count). The predicted octanol–water partition coefficient (Wildman–Crippen LogP) is 1.48. The van der Waals surface area contributed by atoms with E-state index in [1.54, 1.807) is 24.5 Å². The van der Waals surface area contributed by atoms with E-state index in [1.807, 2.05) is 0 Å². The molecule has 0 saturated carbocycles. The van der Waals surface area contributed by atoms with Crippen molar-refractivity contribution in [2.24, 2.45) is 0 Å². The zero-order valence-electron chi connectivity index (χ0n) is 20.3. The van der Waals surface area contributed by atoms with Crippen LogP contribution in [-0.2, 0) is 24.3 Å². The van der Waals surface area contributed by atoms with Crippen molar-refractivity contribution in [3.8, 4) is 0 Å². The van der Waals surface area contributed by atoms with Crippen LogP contribution in [0, 0.1) is 0 Å². The van der Waals surface area contributed by atoms with Gasteiger partial charge in [-0.25, -0.2) is 12.7 Å². The minimum atomic E-state index is -3.65. The van der Waals surface area contributed by atoms with Crippen molar-refractivity contribution in [2.75, 3.05) is 53.5 Å². The van der Waals surface area contributed by atoms with E-state index < -0.39 is 27.8 Å². The number of sulfonamides is 1. The largest absolute Gasteiger partial charge is 0.507 e. The van der Waals surface area contributed by atoms with Gasteiger partial charge in [0.1, 0.15) is 5.76 Å². The van der Waals surface area contributed by atoms with Gasteiger partial charge in [0.15, 0.2) is 0 Å². The number of carbonyl (C=O) groups is 2. The Balaban J connectivity index is 1.66. The summed E-state index contributed by atoms with van der Waals surface area (Å²) in [5, 5.41) is 11.2. The molecule has 0 unspecified atom stereocenters. The number of carbonyl (C=O) groups excluding carboxylic acids is 2. The number of ether oxygens (including phenoxy) is 1.